The molecule has 0 saturated heterocycles. The van der Waals surface area contributed by atoms with E-state index < -0.39 is 18.0 Å². The second kappa shape index (κ2) is 9.76. The van der Waals surface area contributed by atoms with E-state index in [9.17, 15) is 9.90 Å². The van der Waals surface area contributed by atoms with Gasteiger partial charge in [-0.15, -0.1) is 0 Å². The number of carboxylic acids is 1. The highest BCUT2D eigenvalue weighted by Gasteiger charge is 2.24. The number of allylic oxidation sites excluding steroid dienone is 2. The van der Waals surface area contributed by atoms with E-state index in [0.717, 1.165) is 18.4 Å². The zero-order valence-electron chi connectivity index (χ0n) is 12.6. The van der Waals surface area contributed by atoms with Crippen molar-refractivity contribution in [3.8, 4) is 0 Å². The van der Waals surface area contributed by atoms with Gasteiger partial charge in [-0.05, 0) is 18.4 Å². The van der Waals surface area contributed by atoms with Crippen LogP contribution in [0.4, 0.5) is 0 Å². The van der Waals surface area contributed by atoms with E-state index >= 15 is 0 Å². The first-order chi connectivity index (χ1) is 9.65. The monoisotopic (exact) mass is 280 g/mol. The van der Waals surface area contributed by atoms with Crippen LogP contribution < -0.4 is 0 Å². The summed E-state index contributed by atoms with van der Waals surface area (Å²) in [5.74, 6) is -1.74. The highest BCUT2D eigenvalue weighted by molar-refractivity contribution is 5.74. The van der Waals surface area contributed by atoms with Gasteiger partial charge in [0.25, 0.3) is 0 Å². The summed E-state index contributed by atoms with van der Waals surface area (Å²) in [4.78, 5) is 10.8. The molecule has 0 heterocycles. The van der Waals surface area contributed by atoms with Crippen LogP contribution in [0.3, 0.4) is 0 Å². The summed E-state index contributed by atoms with van der Waals surface area (Å²) in [7, 11) is 0. The molecule has 0 spiro atoms. The van der Waals surface area contributed by atoms with Gasteiger partial charge in [-0.2, -0.15) is 0 Å². The average molecular weight is 280 g/mol. The average Bonchev–Trinajstić information content (AvgIpc) is 2.41. The summed E-state index contributed by atoms with van der Waals surface area (Å²) in [6.07, 6.45) is 15.5. The second-order valence-corrected chi connectivity index (χ2v) is 5.68. The SMILES string of the molecule is CCCCCCCCCCC1=CC(O)C(C(=O)O)C=C1. The van der Waals surface area contributed by atoms with Crippen LogP contribution in [-0.4, -0.2) is 22.3 Å². The molecule has 0 fully saturated rings. The fourth-order valence-electron chi connectivity index (χ4n) is 2.58. The molecule has 0 radical (unpaired) electrons. The van der Waals surface area contributed by atoms with Crippen LogP contribution in [0.25, 0.3) is 0 Å². The minimum atomic E-state index is -0.962. The first-order valence-corrected chi connectivity index (χ1v) is 7.95. The third-order valence-electron chi connectivity index (χ3n) is 3.87. The lowest BCUT2D eigenvalue weighted by atomic mass is 9.91. The van der Waals surface area contributed by atoms with E-state index in [1.807, 2.05) is 6.08 Å². The molecule has 2 N–H and O–H groups in total. The lowest BCUT2D eigenvalue weighted by molar-refractivity contribution is -0.142. The molecule has 1 aliphatic carbocycles. The fourth-order valence-corrected chi connectivity index (χ4v) is 2.58. The summed E-state index contributed by atoms with van der Waals surface area (Å²) in [5, 5.41) is 18.6. The molecule has 2 atom stereocenters. The predicted molar refractivity (Wildman–Crippen MR) is 81.6 cm³/mol. The molecular formula is C17H28O3. The zero-order chi connectivity index (χ0) is 14.8. The molecule has 0 amide bonds. The van der Waals surface area contributed by atoms with Crippen LogP contribution in [0.1, 0.15) is 64.7 Å². The Morgan fingerprint density at radius 1 is 1.10 bits per heavy atom. The van der Waals surface area contributed by atoms with Gasteiger partial charge in [0, 0.05) is 0 Å². The van der Waals surface area contributed by atoms with Crippen LogP contribution in [0.5, 0.6) is 0 Å². The van der Waals surface area contributed by atoms with Gasteiger partial charge in [0.1, 0.15) is 5.92 Å². The number of carboxylic acid groups (broad SMARTS) is 1. The summed E-state index contributed by atoms with van der Waals surface area (Å²) < 4.78 is 0. The number of aliphatic carboxylic acids is 1. The number of aliphatic hydroxyl groups excluding tert-OH is 1. The molecule has 0 saturated carbocycles. The van der Waals surface area contributed by atoms with Crippen molar-refractivity contribution < 1.29 is 15.0 Å². The maximum atomic E-state index is 10.8. The molecule has 1 aliphatic rings. The molecule has 0 bridgehead atoms. The third-order valence-corrected chi connectivity index (χ3v) is 3.87. The fraction of sp³-hybridized carbons (Fsp3) is 0.706. The smallest absolute Gasteiger partial charge is 0.313 e. The van der Waals surface area contributed by atoms with Gasteiger partial charge in [-0.3, -0.25) is 4.79 Å². The van der Waals surface area contributed by atoms with Gasteiger partial charge in [0.15, 0.2) is 0 Å². The predicted octanol–water partition coefficient (Wildman–Crippen LogP) is 4.08. The van der Waals surface area contributed by atoms with Gasteiger partial charge < -0.3 is 10.2 Å². The highest BCUT2D eigenvalue weighted by atomic mass is 16.4. The largest absolute Gasteiger partial charge is 0.481 e. The first-order valence-electron chi connectivity index (χ1n) is 7.95. The van der Waals surface area contributed by atoms with Gasteiger partial charge >= 0.3 is 5.97 Å². The molecule has 3 heteroatoms. The maximum absolute atomic E-state index is 10.8. The number of hydrogen-bond acceptors (Lipinski definition) is 2. The van der Waals surface area contributed by atoms with Gasteiger partial charge in [0.05, 0.1) is 6.10 Å². The topological polar surface area (TPSA) is 57.5 Å². The van der Waals surface area contributed by atoms with Crippen molar-refractivity contribution in [2.75, 3.05) is 0 Å². The minimum Gasteiger partial charge on any atom is -0.481 e. The Bertz CT molecular complexity index is 344. The molecule has 20 heavy (non-hydrogen) atoms. The Hall–Kier alpha value is -1.09. The van der Waals surface area contributed by atoms with Crippen LogP contribution in [0, 0.1) is 5.92 Å². The van der Waals surface area contributed by atoms with Crippen LogP contribution >= 0.6 is 0 Å². The van der Waals surface area contributed by atoms with Gasteiger partial charge in [0.2, 0.25) is 0 Å². The van der Waals surface area contributed by atoms with Crippen molar-refractivity contribution in [2.24, 2.45) is 5.92 Å². The van der Waals surface area contributed by atoms with E-state index in [4.69, 9.17) is 5.11 Å². The van der Waals surface area contributed by atoms with E-state index in [2.05, 4.69) is 6.92 Å². The van der Waals surface area contributed by atoms with Gasteiger partial charge in [-0.1, -0.05) is 70.1 Å². The van der Waals surface area contributed by atoms with Crippen LogP contribution in [0.2, 0.25) is 0 Å². The van der Waals surface area contributed by atoms with Crippen molar-refractivity contribution in [2.45, 2.75) is 70.8 Å². The number of carbonyl (C=O) groups is 1. The molecule has 2 unspecified atom stereocenters. The number of aliphatic hydroxyl groups is 1. The molecule has 0 aliphatic heterocycles. The third kappa shape index (κ3) is 6.38. The van der Waals surface area contributed by atoms with Crippen molar-refractivity contribution in [3.05, 3.63) is 23.8 Å². The number of rotatable bonds is 10. The lowest BCUT2D eigenvalue weighted by Crippen LogP contribution is -2.26. The Morgan fingerprint density at radius 3 is 2.25 bits per heavy atom. The number of hydrogen-bond donors (Lipinski definition) is 2. The van der Waals surface area contributed by atoms with Gasteiger partial charge in [-0.25, -0.2) is 0 Å². The Labute approximate surface area is 122 Å². The Kier molecular flexibility index (Phi) is 8.28. The first kappa shape index (κ1) is 17.0. The van der Waals surface area contributed by atoms with Crippen LogP contribution in [-0.2, 0) is 4.79 Å². The van der Waals surface area contributed by atoms with Crippen LogP contribution in [0.15, 0.2) is 23.8 Å². The lowest BCUT2D eigenvalue weighted by Gasteiger charge is -2.18. The molecule has 0 aromatic heterocycles. The highest BCUT2D eigenvalue weighted by Crippen LogP contribution is 2.21. The molecule has 0 aromatic carbocycles. The molecule has 0 aromatic rings. The number of unbranched alkanes of at least 4 members (excludes halogenated alkanes) is 7. The molecular weight excluding hydrogens is 252 g/mol. The summed E-state index contributed by atoms with van der Waals surface area (Å²) >= 11 is 0. The molecule has 3 nitrogen and oxygen atoms in total. The van der Waals surface area contributed by atoms with Crippen molar-refractivity contribution in [1.82, 2.24) is 0 Å². The minimum absolute atomic E-state index is 0.780. The standard InChI is InChI=1S/C17H28O3/c1-2-3-4-5-6-7-8-9-10-14-11-12-15(17(19)20)16(18)13-14/h11-13,15-16,18H,2-10H2,1H3,(H,19,20). The summed E-state index contributed by atoms with van der Waals surface area (Å²) in [6, 6.07) is 0. The second-order valence-electron chi connectivity index (χ2n) is 5.68. The van der Waals surface area contributed by atoms with E-state index in [0.29, 0.717) is 0 Å². The Morgan fingerprint density at radius 2 is 1.70 bits per heavy atom. The van der Waals surface area contributed by atoms with Crippen molar-refractivity contribution >= 4 is 5.97 Å². The normalized spacial score (nSPS) is 21.8. The van der Waals surface area contributed by atoms with E-state index in [1.54, 1.807) is 12.2 Å². The summed E-state index contributed by atoms with van der Waals surface area (Å²) in [5.41, 5.74) is 1.07. The summed E-state index contributed by atoms with van der Waals surface area (Å²) in [6.45, 7) is 2.23. The quantitative estimate of drug-likeness (QED) is 0.593. The van der Waals surface area contributed by atoms with Crippen molar-refractivity contribution in [1.29, 1.82) is 0 Å². The van der Waals surface area contributed by atoms with Crippen molar-refractivity contribution in [3.63, 3.8) is 0 Å². The zero-order valence-corrected chi connectivity index (χ0v) is 12.6. The van der Waals surface area contributed by atoms with E-state index in [-0.39, 0.29) is 0 Å². The Balaban J connectivity index is 2.10. The molecule has 114 valence electrons. The van der Waals surface area contributed by atoms with E-state index in [1.165, 1.54) is 44.9 Å². The molecule has 1 rings (SSSR count). The maximum Gasteiger partial charge on any atom is 0.313 e.